The van der Waals surface area contributed by atoms with Gasteiger partial charge in [-0.05, 0) is 43.3 Å². The van der Waals surface area contributed by atoms with Gasteiger partial charge in [-0.2, -0.15) is 0 Å². The Bertz CT molecular complexity index is 1020. The average molecular weight is 335 g/mol. The molecule has 0 unspecified atom stereocenters. The molecule has 1 N–H and O–H groups in total. The molecular weight excluding hydrogens is 318 g/mol. The van der Waals surface area contributed by atoms with E-state index < -0.39 is 0 Å². The number of fused-ring (bicyclic) bond motifs is 3. The smallest absolute Gasteiger partial charge is 0.258 e. The minimum atomic E-state index is -0.207. The molecule has 1 atom stereocenters. The van der Waals surface area contributed by atoms with E-state index in [4.69, 9.17) is 13.6 Å². The Kier molecular flexibility index (Phi) is 3.90. The number of benzene rings is 2. The van der Waals surface area contributed by atoms with Crippen LogP contribution >= 0.6 is 0 Å². The van der Waals surface area contributed by atoms with Gasteiger partial charge in [0.2, 0.25) is 0 Å². The lowest BCUT2D eigenvalue weighted by Crippen LogP contribution is -2.31. The molecule has 4 aromatic rings. The van der Waals surface area contributed by atoms with Crippen molar-refractivity contribution in [2.75, 3.05) is 6.61 Å². The largest absolute Gasteiger partial charge is 0.484 e. The molecule has 1 amide bonds. The van der Waals surface area contributed by atoms with E-state index in [0.29, 0.717) is 11.5 Å². The third-order valence-corrected chi connectivity index (χ3v) is 4.07. The summed E-state index contributed by atoms with van der Waals surface area (Å²) < 4.78 is 16.7. The third-order valence-electron chi connectivity index (χ3n) is 4.07. The van der Waals surface area contributed by atoms with Crippen LogP contribution < -0.4 is 10.1 Å². The Hall–Kier alpha value is -3.21. The van der Waals surface area contributed by atoms with Gasteiger partial charge in [0.15, 0.2) is 6.61 Å². The van der Waals surface area contributed by atoms with Crippen LogP contribution in [0.4, 0.5) is 0 Å². The molecule has 0 bridgehead atoms. The molecule has 2 aromatic carbocycles. The maximum atomic E-state index is 12.1. The van der Waals surface area contributed by atoms with Crippen molar-refractivity contribution in [3.63, 3.8) is 0 Å². The highest BCUT2D eigenvalue weighted by atomic mass is 16.5. The van der Waals surface area contributed by atoms with Crippen LogP contribution in [0.25, 0.3) is 21.9 Å². The lowest BCUT2D eigenvalue weighted by atomic mass is 10.1. The maximum absolute atomic E-state index is 12.1. The SMILES string of the molecule is C[C@H](NC(=O)COc1ccc2oc3ccccc3c2c1)c1ccco1. The van der Waals surface area contributed by atoms with Crippen molar-refractivity contribution in [2.24, 2.45) is 0 Å². The van der Waals surface area contributed by atoms with Gasteiger partial charge in [-0.15, -0.1) is 0 Å². The second-order valence-electron chi connectivity index (χ2n) is 5.85. The van der Waals surface area contributed by atoms with Gasteiger partial charge in [0.1, 0.15) is 22.7 Å². The second-order valence-corrected chi connectivity index (χ2v) is 5.85. The fourth-order valence-electron chi connectivity index (χ4n) is 2.84. The highest BCUT2D eigenvalue weighted by Gasteiger charge is 2.13. The molecule has 0 spiro atoms. The number of furan rings is 2. The van der Waals surface area contributed by atoms with Gasteiger partial charge >= 0.3 is 0 Å². The molecule has 0 fully saturated rings. The van der Waals surface area contributed by atoms with Gasteiger partial charge in [-0.3, -0.25) is 4.79 Å². The molecule has 0 radical (unpaired) electrons. The zero-order chi connectivity index (χ0) is 17.2. The van der Waals surface area contributed by atoms with Crippen LogP contribution in [-0.4, -0.2) is 12.5 Å². The van der Waals surface area contributed by atoms with Crippen molar-refractivity contribution < 1.29 is 18.4 Å². The predicted molar refractivity (Wildman–Crippen MR) is 94.5 cm³/mol. The molecule has 2 heterocycles. The van der Waals surface area contributed by atoms with E-state index in [1.54, 1.807) is 18.4 Å². The Morgan fingerprint density at radius 2 is 1.92 bits per heavy atom. The first-order valence-electron chi connectivity index (χ1n) is 8.07. The highest BCUT2D eigenvalue weighted by molar-refractivity contribution is 6.05. The Labute approximate surface area is 144 Å². The van der Waals surface area contributed by atoms with Gasteiger partial charge in [-0.1, -0.05) is 18.2 Å². The number of carbonyl (C=O) groups is 1. The number of hydrogen-bond acceptors (Lipinski definition) is 4. The molecule has 0 saturated heterocycles. The van der Waals surface area contributed by atoms with E-state index in [-0.39, 0.29) is 18.6 Å². The minimum Gasteiger partial charge on any atom is -0.484 e. The molecule has 4 rings (SSSR count). The molecule has 5 heteroatoms. The van der Waals surface area contributed by atoms with Gasteiger partial charge in [0.05, 0.1) is 12.3 Å². The standard InChI is InChI=1S/C20H17NO4/c1-13(17-7-4-10-23-17)21-20(22)12-24-14-8-9-19-16(11-14)15-5-2-3-6-18(15)25-19/h2-11,13H,12H2,1H3,(H,21,22)/t13-/m0/s1. The quantitative estimate of drug-likeness (QED) is 0.586. The molecule has 0 aliphatic rings. The molecule has 25 heavy (non-hydrogen) atoms. The predicted octanol–water partition coefficient (Wildman–Crippen LogP) is 4.44. The Morgan fingerprint density at radius 1 is 1.08 bits per heavy atom. The topological polar surface area (TPSA) is 64.6 Å². The van der Waals surface area contributed by atoms with Gasteiger partial charge < -0.3 is 18.9 Å². The molecule has 5 nitrogen and oxygen atoms in total. The molecule has 2 aromatic heterocycles. The lowest BCUT2D eigenvalue weighted by molar-refractivity contribution is -0.123. The zero-order valence-electron chi connectivity index (χ0n) is 13.7. The number of rotatable bonds is 5. The van der Waals surface area contributed by atoms with Gasteiger partial charge in [0, 0.05) is 10.8 Å². The maximum Gasteiger partial charge on any atom is 0.258 e. The number of nitrogens with one attached hydrogen (secondary N) is 1. The first-order valence-corrected chi connectivity index (χ1v) is 8.07. The van der Waals surface area contributed by atoms with Crippen LogP contribution in [0.1, 0.15) is 18.7 Å². The van der Waals surface area contributed by atoms with Crippen molar-refractivity contribution in [2.45, 2.75) is 13.0 Å². The second kappa shape index (κ2) is 6.36. The number of carbonyl (C=O) groups excluding carboxylic acids is 1. The van der Waals surface area contributed by atoms with Crippen molar-refractivity contribution in [3.8, 4) is 5.75 Å². The summed E-state index contributed by atoms with van der Waals surface area (Å²) in [4.78, 5) is 12.1. The first kappa shape index (κ1) is 15.3. The van der Waals surface area contributed by atoms with Gasteiger partial charge in [0.25, 0.3) is 5.91 Å². The van der Waals surface area contributed by atoms with Crippen molar-refractivity contribution in [1.29, 1.82) is 0 Å². The first-order chi connectivity index (χ1) is 12.2. The zero-order valence-corrected chi connectivity index (χ0v) is 13.7. The molecule has 0 aliphatic heterocycles. The van der Waals surface area contributed by atoms with Crippen molar-refractivity contribution in [1.82, 2.24) is 5.32 Å². The van der Waals surface area contributed by atoms with Gasteiger partial charge in [-0.25, -0.2) is 0 Å². The average Bonchev–Trinajstić information content (AvgIpc) is 3.27. The summed E-state index contributed by atoms with van der Waals surface area (Å²) in [6, 6.07) is 16.8. The van der Waals surface area contributed by atoms with E-state index >= 15 is 0 Å². The van der Waals surface area contributed by atoms with Crippen LogP contribution in [0.5, 0.6) is 5.75 Å². The third kappa shape index (κ3) is 3.08. The number of amides is 1. The van der Waals surface area contributed by atoms with E-state index in [0.717, 1.165) is 21.9 Å². The number of hydrogen-bond donors (Lipinski definition) is 1. The normalized spacial score (nSPS) is 12.4. The minimum absolute atomic E-state index is 0.0632. The molecule has 126 valence electrons. The van der Waals surface area contributed by atoms with E-state index in [9.17, 15) is 4.79 Å². The number of ether oxygens (including phenoxy) is 1. The fourth-order valence-corrected chi connectivity index (χ4v) is 2.84. The van der Waals surface area contributed by atoms with Crippen molar-refractivity contribution in [3.05, 3.63) is 66.6 Å². The summed E-state index contributed by atoms with van der Waals surface area (Å²) in [5.41, 5.74) is 1.63. The van der Waals surface area contributed by atoms with E-state index in [1.807, 2.05) is 49.4 Å². The summed E-state index contributed by atoms with van der Waals surface area (Å²) in [5.74, 6) is 1.13. The fraction of sp³-hybridized carbons (Fsp3) is 0.150. The van der Waals surface area contributed by atoms with Crippen LogP contribution in [0, 0.1) is 0 Å². The lowest BCUT2D eigenvalue weighted by Gasteiger charge is -2.12. The molecule has 0 aliphatic carbocycles. The van der Waals surface area contributed by atoms with Crippen LogP contribution in [-0.2, 0) is 4.79 Å². The molecular formula is C20H17NO4. The van der Waals surface area contributed by atoms with Crippen LogP contribution in [0.2, 0.25) is 0 Å². The summed E-state index contributed by atoms with van der Waals surface area (Å²) >= 11 is 0. The summed E-state index contributed by atoms with van der Waals surface area (Å²) in [7, 11) is 0. The Morgan fingerprint density at radius 3 is 2.76 bits per heavy atom. The summed E-state index contributed by atoms with van der Waals surface area (Å²) in [6.07, 6.45) is 1.58. The monoisotopic (exact) mass is 335 g/mol. The summed E-state index contributed by atoms with van der Waals surface area (Å²) in [5, 5.41) is 4.83. The highest BCUT2D eigenvalue weighted by Crippen LogP contribution is 2.31. The van der Waals surface area contributed by atoms with E-state index in [1.165, 1.54) is 0 Å². The van der Waals surface area contributed by atoms with Crippen molar-refractivity contribution >= 4 is 27.8 Å². The van der Waals surface area contributed by atoms with E-state index in [2.05, 4.69) is 5.32 Å². The number of para-hydroxylation sites is 1. The van der Waals surface area contributed by atoms with Crippen LogP contribution in [0.3, 0.4) is 0 Å². The molecule has 0 saturated carbocycles. The summed E-state index contributed by atoms with van der Waals surface area (Å²) in [6.45, 7) is 1.80. The van der Waals surface area contributed by atoms with Crippen LogP contribution in [0.15, 0.2) is 69.7 Å². The Balaban J connectivity index is 1.45.